The van der Waals surface area contributed by atoms with Gasteiger partial charge in [-0.15, -0.1) is 0 Å². The van der Waals surface area contributed by atoms with Crippen molar-refractivity contribution in [3.63, 3.8) is 0 Å². The van der Waals surface area contributed by atoms with Crippen LogP contribution in [-0.2, 0) is 4.79 Å². The van der Waals surface area contributed by atoms with Gasteiger partial charge in [-0.2, -0.15) is 0 Å². The number of halogens is 2. The van der Waals surface area contributed by atoms with E-state index in [1.54, 1.807) is 25.1 Å². The van der Waals surface area contributed by atoms with Crippen molar-refractivity contribution >= 4 is 46.4 Å². The number of ether oxygens (including phenoxy) is 1. The molecule has 0 heterocycles. The van der Waals surface area contributed by atoms with E-state index in [-0.39, 0.29) is 5.91 Å². The fourth-order valence-electron chi connectivity index (χ4n) is 5.38. The number of rotatable bonds is 4. The fraction of sp³-hybridized carbons (Fsp3) is 0.600. The van der Waals surface area contributed by atoms with Crippen LogP contribution in [0, 0.1) is 23.7 Å². The Morgan fingerprint density at radius 2 is 1.78 bits per heavy atom. The van der Waals surface area contributed by atoms with E-state index in [2.05, 4.69) is 10.6 Å². The summed E-state index contributed by atoms with van der Waals surface area (Å²) >= 11 is 17.4. The summed E-state index contributed by atoms with van der Waals surface area (Å²) in [5.74, 6) is 3.33. The normalized spacial score (nSPS) is 32.0. The van der Waals surface area contributed by atoms with Gasteiger partial charge in [-0.3, -0.25) is 10.1 Å². The molecule has 0 unspecified atom stereocenters. The van der Waals surface area contributed by atoms with Crippen molar-refractivity contribution in [2.24, 2.45) is 23.7 Å². The highest BCUT2D eigenvalue weighted by molar-refractivity contribution is 7.80. The minimum Gasteiger partial charge on any atom is -0.479 e. The zero-order valence-electron chi connectivity index (χ0n) is 15.2. The number of carbonyl (C=O) groups is 1. The molecule has 27 heavy (non-hydrogen) atoms. The summed E-state index contributed by atoms with van der Waals surface area (Å²) in [5.41, 5.74) is 0. The first kappa shape index (κ1) is 19.3. The molecule has 0 aliphatic heterocycles. The lowest BCUT2D eigenvalue weighted by Crippen LogP contribution is -2.58. The molecule has 4 saturated carbocycles. The largest absolute Gasteiger partial charge is 0.479 e. The van der Waals surface area contributed by atoms with Crippen molar-refractivity contribution in [3.8, 4) is 5.75 Å². The molecule has 4 aliphatic rings. The maximum atomic E-state index is 12.5. The molecular formula is C20H24Cl2N2O2S. The number of nitrogens with one attached hydrogen (secondary N) is 2. The van der Waals surface area contributed by atoms with Gasteiger partial charge in [-0.25, -0.2) is 0 Å². The Hall–Kier alpha value is -1.04. The van der Waals surface area contributed by atoms with E-state index in [9.17, 15) is 4.79 Å². The van der Waals surface area contributed by atoms with Gasteiger partial charge in [0, 0.05) is 11.1 Å². The minimum atomic E-state index is -0.720. The third-order valence-corrected chi connectivity index (χ3v) is 7.08. The van der Waals surface area contributed by atoms with Gasteiger partial charge < -0.3 is 10.1 Å². The molecule has 2 N–H and O–H groups in total. The summed E-state index contributed by atoms with van der Waals surface area (Å²) in [5, 5.41) is 7.50. The molecule has 4 bridgehead atoms. The molecule has 4 nitrogen and oxygen atoms in total. The Morgan fingerprint density at radius 1 is 1.15 bits per heavy atom. The molecule has 1 aromatic rings. The average Bonchev–Trinajstić information content (AvgIpc) is 2.59. The fourth-order valence-corrected chi connectivity index (χ4v) is 6.07. The highest BCUT2D eigenvalue weighted by Crippen LogP contribution is 2.53. The van der Waals surface area contributed by atoms with Crippen LogP contribution in [0.5, 0.6) is 5.75 Å². The molecule has 0 aromatic heterocycles. The van der Waals surface area contributed by atoms with Crippen LogP contribution in [0.1, 0.15) is 39.0 Å². The summed E-state index contributed by atoms with van der Waals surface area (Å²) < 4.78 is 5.66. The van der Waals surface area contributed by atoms with E-state index < -0.39 is 6.10 Å². The lowest BCUT2D eigenvalue weighted by molar-refractivity contribution is -0.125. The van der Waals surface area contributed by atoms with Gasteiger partial charge in [0.1, 0.15) is 5.75 Å². The molecule has 0 spiro atoms. The highest BCUT2D eigenvalue weighted by atomic mass is 35.5. The zero-order chi connectivity index (χ0) is 19.1. The summed E-state index contributed by atoms with van der Waals surface area (Å²) in [7, 11) is 0. The van der Waals surface area contributed by atoms with Gasteiger partial charge in [0.15, 0.2) is 11.2 Å². The van der Waals surface area contributed by atoms with Gasteiger partial charge in [-0.1, -0.05) is 23.2 Å². The summed E-state index contributed by atoms with van der Waals surface area (Å²) in [6.45, 7) is 1.67. The Morgan fingerprint density at radius 3 is 2.37 bits per heavy atom. The zero-order valence-corrected chi connectivity index (χ0v) is 17.5. The molecule has 4 fully saturated rings. The van der Waals surface area contributed by atoms with Crippen LogP contribution in [-0.4, -0.2) is 23.2 Å². The van der Waals surface area contributed by atoms with Crippen LogP contribution in [0.15, 0.2) is 18.2 Å². The first-order valence-corrected chi connectivity index (χ1v) is 10.8. The van der Waals surface area contributed by atoms with E-state index in [0.29, 0.717) is 38.8 Å². The Bertz CT molecular complexity index is 729. The van der Waals surface area contributed by atoms with Gasteiger partial charge in [0.25, 0.3) is 5.91 Å². The molecule has 1 atom stereocenters. The Labute approximate surface area is 175 Å². The summed E-state index contributed by atoms with van der Waals surface area (Å²) in [4.78, 5) is 12.5. The van der Waals surface area contributed by atoms with Crippen LogP contribution in [0.3, 0.4) is 0 Å². The number of amides is 1. The SMILES string of the molecule is C[C@@H](Oc1ccc(Cl)cc1Cl)C(=O)NC(=S)NC1C2CC3CC(C2)CC1C3. The smallest absolute Gasteiger partial charge is 0.266 e. The van der Waals surface area contributed by atoms with Crippen LogP contribution in [0.2, 0.25) is 10.0 Å². The number of benzene rings is 1. The maximum Gasteiger partial charge on any atom is 0.266 e. The van der Waals surface area contributed by atoms with Crippen LogP contribution < -0.4 is 15.4 Å². The molecule has 146 valence electrons. The van der Waals surface area contributed by atoms with Crippen molar-refractivity contribution in [2.75, 3.05) is 0 Å². The molecule has 7 heteroatoms. The van der Waals surface area contributed by atoms with E-state index in [1.165, 1.54) is 32.1 Å². The topological polar surface area (TPSA) is 50.4 Å². The van der Waals surface area contributed by atoms with Crippen molar-refractivity contribution in [2.45, 2.75) is 51.2 Å². The van der Waals surface area contributed by atoms with Crippen molar-refractivity contribution in [3.05, 3.63) is 28.2 Å². The van der Waals surface area contributed by atoms with E-state index in [1.807, 2.05) is 0 Å². The first-order valence-electron chi connectivity index (χ1n) is 9.62. The van der Waals surface area contributed by atoms with Crippen LogP contribution >= 0.6 is 35.4 Å². The molecule has 4 aliphatic carbocycles. The molecule has 1 amide bonds. The number of thiocarbonyl (C=S) groups is 1. The highest BCUT2D eigenvalue weighted by Gasteiger charge is 2.48. The molecular weight excluding hydrogens is 403 g/mol. The molecule has 1 aromatic carbocycles. The summed E-state index contributed by atoms with van der Waals surface area (Å²) in [6, 6.07) is 5.31. The predicted octanol–water partition coefficient (Wildman–Crippen LogP) is 4.58. The third kappa shape index (κ3) is 4.20. The molecule has 5 rings (SSSR count). The van der Waals surface area contributed by atoms with E-state index >= 15 is 0 Å². The van der Waals surface area contributed by atoms with Crippen LogP contribution in [0.4, 0.5) is 0 Å². The van der Waals surface area contributed by atoms with Crippen molar-refractivity contribution in [1.82, 2.24) is 10.6 Å². The van der Waals surface area contributed by atoms with Gasteiger partial charge in [0.2, 0.25) is 0 Å². The number of hydrogen-bond acceptors (Lipinski definition) is 3. The predicted molar refractivity (Wildman–Crippen MR) is 111 cm³/mol. The molecule has 0 saturated heterocycles. The van der Waals surface area contributed by atoms with E-state index in [0.717, 1.165) is 11.8 Å². The van der Waals surface area contributed by atoms with Gasteiger partial charge in [0.05, 0.1) is 5.02 Å². The standard InChI is InChI=1S/C20H24Cl2N2O2S/c1-10(26-17-3-2-15(21)9-16(17)22)19(25)24-20(27)23-18-13-5-11-4-12(7-13)8-14(18)6-11/h2-3,9-14,18H,4-8H2,1H3,(H2,23,24,25,27)/t10-,11?,12?,13?,14?,18?/m1/s1. The maximum absolute atomic E-state index is 12.5. The number of carbonyl (C=O) groups excluding carboxylic acids is 1. The molecule has 0 radical (unpaired) electrons. The first-order chi connectivity index (χ1) is 12.9. The van der Waals surface area contributed by atoms with Gasteiger partial charge >= 0.3 is 0 Å². The van der Waals surface area contributed by atoms with Crippen molar-refractivity contribution in [1.29, 1.82) is 0 Å². The lowest BCUT2D eigenvalue weighted by atomic mass is 9.54. The quantitative estimate of drug-likeness (QED) is 0.691. The second-order valence-electron chi connectivity index (χ2n) is 8.25. The third-order valence-electron chi connectivity index (χ3n) is 6.33. The second kappa shape index (κ2) is 7.76. The number of hydrogen-bond donors (Lipinski definition) is 2. The van der Waals surface area contributed by atoms with E-state index in [4.69, 9.17) is 40.2 Å². The lowest BCUT2D eigenvalue weighted by Gasteiger charge is -2.54. The monoisotopic (exact) mass is 426 g/mol. The van der Waals surface area contributed by atoms with Crippen LogP contribution in [0.25, 0.3) is 0 Å². The van der Waals surface area contributed by atoms with Crippen molar-refractivity contribution < 1.29 is 9.53 Å². The Kier molecular flexibility index (Phi) is 5.55. The second-order valence-corrected chi connectivity index (χ2v) is 9.51. The Balaban J connectivity index is 1.30. The minimum absolute atomic E-state index is 0.290. The summed E-state index contributed by atoms with van der Waals surface area (Å²) in [6.07, 6.45) is 5.90. The van der Waals surface area contributed by atoms with Gasteiger partial charge in [-0.05, 0) is 93.1 Å². The average molecular weight is 427 g/mol.